The second-order valence-corrected chi connectivity index (χ2v) is 6.07. The Labute approximate surface area is 129 Å². The molecule has 1 fully saturated rings. The maximum absolute atomic E-state index is 12.1. The van der Waals surface area contributed by atoms with Gasteiger partial charge in [-0.05, 0) is 30.7 Å². The van der Waals surface area contributed by atoms with Gasteiger partial charge >= 0.3 is 0 Å². The molecule has 2 aromatic heterocycles. The van der Waals surface area contributed by atoms with Crippen LogP contribution >= 0.6 is 0 Å². The molecule has 0 radical (unpaired) electrons. The van der Waals surface area contributed by atoms with E-state index in [2.05, 4.69) is 15.5 Å². The van der Waals surface area contributed by atoms with Crippen molar-refractivity contribution >= 4 is 17.0 Å². The Kier molecular flexibility index (Phi) is 4.38. The van der Waals surface area contributed by atoms with Crippen LogP contribution in [0.25, 0.3) is 11.1 Å². The highest BCUT2D eigenvalue weighted by molar-refractivity contribution is 5.97. The van der Waals surface area contributed by atoms with Crippen molar-refractivity contribution in [2.24, 2.45) is 5.92 Å². The van der Waals surface area contributed by atoms with E-state index in [1.54, 1.807) is 6.07 Å². The maximum atomic E-state index is 12.1. The molecule has 1 aliphatic rings. The number of nitrogens with one attached hydrogen (secondary N) is 1. The Balaban J connectivity index is 1.59. The first-order valence-electron chi connectivity index (χ1n) is 7.76. The fraction of sp³-hybridized carbons (Fsp3) is 0.562. The molecule has 0 aromatic carbocycles. The summed E-state index contributed by atoms with van der Waals surface area (Å²) in [5.74, 6) is 0.808. The lowest BCUT2D eigenvalue weighted by Gasteiger charge is -2.06. The average Bonchev–Trinajstić information content (AvgIpc) is 3.22. The number of ether oxygens (including phenoxy) is 1. The lowest BCUT2D eigenvalue weighted by atomic mass is 10.1. The van der Waals surface area contributed by atoms with E-state index in [-0.39, 0.29) is 11.8 Å². The van der Waals surface area contributed by atoms with Gasteiger partial charge in [-0.1, -0.05) is 19.0 Å². The second kappa shape index (κ2) is 6.44. The number of rotatable bonds is 7. The number of nitrogens with zero attached hydrogens (tertiary/aromatic N) is 2. The van der Waals surface area contributed by atoms with E-state index in [0.29, 0.717) is 24.4 Å². The minimum Gasteiger partial charge on any atom is -0.379 e. The predicted molar refractivity (Wildman–Crippen MR) is 81.8 cm³/mol. The van der Waals surface area contributed by atoms with Gasteiger partial charge in [-0.15, -0.1) is 0 Å². The molecule has 0 spiro atoms. The molecular formula is C16H21N3O3. The zero-order chi connectivity index (χ0) is 15.5. The van der Waals surface area contributed by atoms with Gasteiger partial charge in [-0.3, -0.25) is 4.79 Å². The summed E-state index contributed by atoms with van der Waals surface area (Å²) in [5, 5.41) is 7.66. The van der Waals surface area contributed by atoms with E-state index in [4.69, 9.17) is 9.26 Å². The molecule has 1 amide bonds. The molecule has 0 atom stereocenters. The van der Waals surface area contributed by atoms with E-state index < -0.39 is 0 Å². The molecule has 6 nitrogen and oxygen atoms in total. The first kappa shape index (κ1) is 15.0. The highest BCUT2D eigenvalue weighted by Crippen LogP contribution is 2.28. The van der Waals surface area contributed by atoms with Crippen LogP contribution in [-0.2, 0) is 4.74 Å². The molecule has 1 aliphatic carbocycles. The van der Waals surface area contributed by atoms with Gasteiger partial charge in [0.2, 0.25) is 0 Å². The molecule has 1 saturated carbocycles. The van der Waals surface area contributed by atoms with Crippen LogP contribution in [0.3, 0.4) is 0 Å². The topological polar surface area (TPSA) is 77.2 Å². The summed E-state index contributed by atoms with van der Waals surface area (Å²) in [6.45, 7) is 5.91. The van der Waals surface area contributed by atoms with Crippen LogP contribution in [0, 0.1) is 5.92 Å². The molecule has 0 aliphatic heterocycles. The standard InChI is InChI=1S/C16H21N3O3/c1-10(2)14-13-7-12(8-18-16(13)22-19-14)15(20)17-5-6-21-9-11-3-4-11/h7-8,10-11H,3-6,9H2,1-2H3,(H,17,20). The van der Waals surface area contributed by atoms with E-state index in [1.807, 2.05) is 13.8 Å². The third-order valence-electron chi connectivity index (χ3n) is 3.75. The van der Waals surface area contributed by atoms with Gasteiger partial charge in [-0.2, -0.15) is 0 Å². The van der Waals surface area contributed by atoms with Crippen LogP contribution in [0.4, 0.5) is 0 Å². The number of aromatic nitrogens is 2. The summed E-state index contributed by atoms with van der Waals surface area (Å²) in [6.07, 6.45) is 4.06. The minimum absolute atomic E-state index is 0.152. The van der Waals surface area contributed by atoms with Crippen LogP contribution < -0.4 is 5.32 Å². The molecule has 118 valence electrons. The van der Waals surface area contributed by atoms with Crippen molar-refractivity contribution in [2.45, 2.75) is 32.6 Å². The van der Waals surface area contributed by atoms with Crippen molar-refractivity contribution in [2.75, 3.05) is 19.8 Å². The summed E-state index contributed by atoms with van der Waals surface area (Å²) in [6, 6.07) is 1.79. The highest BCUT2D eigenvalue weighted by atomic mass is 16.5. The van der Waals surface area contributed by atoms with Crippen LogP contribution in [0.2, 0.25) is 0 Å². The summed E-state index contributed by atoms with van der Waals surface area (Å²) in [5.41, 5.74) is 1.80. The number of hydrogen-bond acceptors (Lipinski definition) is 5. The molecule has 6 heteroatoms. The van der Waals surface area contributed by atoms with E-state index in [1.165, 1.54) is 19.0 Å². The first-order valence-corrected chi connectivity index (χ1v) is 7.76. The van der Waals surface area contributed by atoms with Crippen molar-refractivity contribution in [1.82, 2.24) is 15.5 Å². The van der Waals surface area contributed by atoms with Crippen LogP contribution in [0.5, 0.6) is 0 Å². The Morgan fingerprint density at radius 2 is 2.32 bits per heavy atom. The lowest BCUT2D eigenvalue weighted by molar-refractivity contribution is 0.0906. The van der Waals surface area contributed by atoms with E-state index in [9.17, 15) is 4.79 Å². The zero-order valence-electron chi connectivity index (χ0n) is 13.0. The van der Waals surface area contributed by atoms with E-state index >= 15 is 0 Å². The summed E-state index contributed by atoms with van der Waals surface area (Å²) in [7, 11) is 0. The highest BCUT2D eigenvalue weighted by Gasteiger charge is 2.21. The molecule has 1 N–H and O–H groups in total. The number of hydrogen-bond donors (Lipinski definition) is 1. The molecule has 2 aromatic rings. The lowest BCUT2D eigenvalue weighted by Crippen LogP contribution is -2.27. The third-order valence-corrected chi connectivity index (χ3v) is 3.75. The first-order chi connectivity index (χ1) is 10.6. The Hall–Kier alpha value is -1.95. The number of fused-ring (bicyclic) bond motifs is 1. The van der Waals surface area contributed by atoms with Gasteiger partial charge in [0.15, 0.2) is 0 Å². The van der Waals surface area contributed by atoms with Crippen LogP contribution in [-0.4, -0.2) is 35.8 Å². The van der Waals surface area contributed by atoms with Gasteiger partial charge in [0.1, 0.15) is 0 Å². The van der Waals surface area contributed by atoms with Gasteiger partial charge in [0.25, 0.3) is 11.6 Å². The van der Waals surface area contributed by atoms with Gasteiger partial charge in [0, 0.05) is 19.3 Å². The third kappa shape index (κ3) is 3.44. The molecular weight excluding hydrogens is 282 g/mol. The minimum atomic E-state index is -0.152. The van der Waals surface area contributed by atoms with Crippen molar-refractivity contribution in [3.8, 4) is 0 Å². The molecule has 0 unspecified atom stereocenters. The molecule has 0 saturated heterocycles. The van der Waals surface area contributed by atoms with Crippen LogP contribution in [0.1, 0.15) is 48.7 Å². The second-order valence-electron chi connectivity index (χ2n) is 6.07. The largest absolute Gasteiger partial charge is 0.379 e. The van der Waals surface area contributed by atoms with Crippen molar-refractivity contribution in [3.63, 3.8) is 0 Å². The fourth-order valence-electron chi connectivity index (χ4n) is 2.26. The predicted octanol–water partition coefficient (Wildman–Crippen LogP) is 2.50. The number of pyridine rings is 1. The quantitative estimate of drug-likeness (QED) is 0.795. The molecule has 3 rings (SSSR count). The maximum Gasteiger partial charge on any atom is 0.257 e. The number of amides is 1. The van der Waals surface area contributed by atoms with Gasteiger partial charge in [-0.25, -0.2) is 4.98 Å². The summed E-state index contributed by atoms with van der Waals surface area (Å²) in [4.78, 5) is 16.3. The number of carbonyl (C=O) groups is 1. The Morgan fingerprint density at radius 1 is 1.50 bits per heavy atom. The van der Waals surface area contributed by atoms with Crippen molar-refractivity contribution in [3.05, 3.63) is 23.5 Å². The molecule has 22 heavy (non-hydrogen) atoms. The van der Waals surface area contributed by atoms with Crippen molar-refractivity contribution < 1.29 is 14.1 Å². The van der Waals surface area contributed by atoms with E-state index in [0.717, 1.165) is 23.6 Å². The van der Waals surface area contributed by atoms with Gasteiger partial charge in [0.05, 0.1) is 23.3 Å². The Bertz CT molecular complexity index is 662. The zero-order valence-corrected chi connectivity index (χ0v) is 13.0. The monoisotopic (exact) mass is 303 g/mol. The summed E-state index contributed by atoms with van der Waals surface area (Å²) < 4.78 is 10.7. The molecule has 0 bridgehead atoms. The SMILES string of the molecule is CC(C)c1noc2ncc(C(=O)NCCOCC3CC3)cc12. The normalized spacial score (nSPS) is 14.7. The number of carbonyl (C=O) groups excluding carboxylic acids is 1. The summed E-state index contributed by atoms with van der Waals surface area (Å²) >= 11 is 0. The molecule has 2 heterocycles. The van der Waals surface area contributed by atoms with Gasteiger partial charge < -0.3 is 14.6 Å². The van der Waals surface area contributed by atoms with Crippen molar-refractivity contribution in [1.29, 1.82) is 0 Å². The average molecular weight is 303 g/mol. The Morgan fingerprint density at radius 3 is 3.05 bits per heavy atom. The van der Waals surface area contributed by atoms with Crippen LogP contribution in [0.15, 0.2) is 16.8 Å². The smallest absolute Gasteiger partial charge is 0.257 e. The fourth-order valence-corrected chi connectivity index (χ4v) is 2.26.